The van der Waals surface area contributed by atoms with Gasteiger partial charge in [0.15, 0.2) is 0 Å². The van der Waals surface area contributed by atoms with E-state index < -0.39 is 5.82 Å². The quantitative estimate of drug-likeness (QED) is 0.443. The van der Waals surface area contributed by atoms with Crippen LogP contribution in [0.25, 0.3) is 0 Å². The van der Waals surface area contributed by atoms with Crippen molar-refractivity contribution < 1.29 is 13.9 Å². The van der Waals surface area contributed by atoms with E-state index in [0.717, 1.165) is 24.2 Å². The van der Waals surface area contributed by atoms with E-state index in [9.17, 15) is 9.18 Å². The van der Waals surface area contributed by atoms with Crippen LogP contribution in [0.5, 0.6) is 5.75 Å². The lowest BCUT2D eigenvalue weighted by Crippen LogP contribution is -2.28. The number of ether oxygens (including phenoxy) is 1. The molecule has 154 valence electrons. The molecule has 0 unspecified atom stereocenters. The minimum Gasteiger partial charge on any atom is -0.489 e. The molecule has 1 heterocycles. The maximum atomic E-state index is 14.5. The summed E-state index contributed by atoms with van der Waals surface area (Å²) in [5.41, 5.74) is 2.37. The largest absolute Gasteiger partial charge is 0.489 e. The zero-order valence-corrected chi connectivity index (χ0v) is 17.5. The molecule has 1 aliphatic rings. The van der Waals surface area contributed by atoms with Gasteiger partial charge in [-0.2, -0.15) is 0 Å². The van der Waals surface area contributed by atoms with Crippen LogP contribution >= 0.6 is 11.8 Å². The molecule has 0 aliphatic carbocycles. The zero-order chi connectivity index (χ0) is 20.8. The normalized spacial score (nSPS) is 13.4. The second kappa shape index (κ2) is 9.81. The third-order valence-corrected chi connectivity index (χ3v) is 6.28. The Kier molecular flexibility index (Phi) is 6.70. The van der Waals surface area contributed by atoms with Gasteiger partial charge in [0.1, 0.15) is 18.2 Å². The smallest absolute Gasteiger partial charge is 0.256 e. The van der Waals surface area contributed by atoms with Gasteiger partial charge in [0, 0.05) is 29.8 Å². The van der Waals surface area contributed by atoms with Gasteiger partial charge in [-0.1, -0.05) is 42.5 Å². The average molecular weight is 422 g/mol. The van der Waals surface area contributed by atoms with Crippen molar-refractivity contribution in [2.75, 3.05) is 13.1 Å². The van der Waals surface area contributed by atoms with Crippen LogP contribution in [0.1, 0.15) is 34.3 Å². The van der Waals surface area contributed by atoms with Crippen molar-refractivity contribution in [3.8, 4) is 5.75 Å². The number of carbonyl (C=O) groups excluding carboxylic acids is 1. The fourth-order valence-electron chi connectivity index (χ4n) is 3.53. The van der Waals surface area contributed by atoms with Crippen LogP contribution < -0.4 is 4.74 Å². The van der Waals surface area contributed by atoms with Gasteiger partial charge in [0.25, 0.3) is 5.91 Å². The van der Waals surface area contributed by atoms with Gasteiger partial charge in [-0.25, -0.2) is 4.39 Å². The van der Waals surface area contributed by atoms with E-state index in [0.29, 0.717) is 25.4 Å². The Hall–Kier alpha value is -2.79. The van der Waals surface area contributed by atoms with Gasteiger partial charge < -0.3 is 9.64 Å². The first kappa shape index (κ1) is 20.5. The van der Waals surface area contributed by atoms with Crippen LogP contribution in [0.3, 0.4) is 0 Å². The monoisotopic (exact) mass is 421 g/mol. The summed E-state index contributed by atoms with van der Waals surface area (Å²) in [5.74, 6) is 0.495. The first-order chi connectivity index (χ1) is 14.7. The molecule has 0 saturated carbocycles. The molecular formula is C25H24FNO2S. The lowest BCUT2D eigenvalue weighted by molar-refractivity contribution is 0.0788. The summed E-state index contributed by atoms with van der Waals surface area (Å²) < 4.78 is 20.4. The molecule has 1 saturated heterocycles. The Morgan fingerprint density at radius 2 is 1.63 bits per heavy atom. The molecule has 0 bridgehead atoms. The molecule has 0 atom stereocenters. The topological polar surface area (TPSA) is 29.5 Å². The molecule has 0 spiro atoms. The average Bonchev–Trinajstić information content (AvgIpc) is 3.32. The Morgan fingerprint density at radius 3 is 2.37 bits per heavy atom. The van der Waals surface area contributed by atoms with Crippen LogP contribution in [0.4, 0.5) is 4.39 Å². The number of halogens is 1. The summed E-state index contributed by atoms with van der Waals surface area (Å²) >= 11 is 1.77. The van der Waals surface area contributed by atoms with E-state index in [1.807, 2.05) is 36.4 Å². The molecular weight excluding hydrogens is 397 g/mol. The molecule has 30 heavy (non-hydrogen) atoms. The molecule has 5 heteroatoms. The fraction of sp³-hybridized carbons (Fsp3) is 0.240. The number of amides is 1. The van der Waals surface area contributed by atoms with Crippen molar-refractivity contribution >= 4 is 17.7 Å². The van der Waals surface area contributed by atoms with Crippen molar-refractivity contribution in [3.63, 3.8) is 0 Å². The molecule has 1 amide bonds. The Morgan fingerprint density at radius 1 is 0.933 bits per heavy atom. The fourth-order valence-corrected chi connectivity index (χ4v) is 4.48. The van der Waals surface area contributed by atoms with Gasteiger partial charge in [-0.05, 0) is 48.2 Å². The van der Waals surface area contributed by atoms with Crippen molar-refractivity contribution in [1.29, 1.82) is 0 Å². The van der Waals surface area contributed by atoms with E-state index in [2.05, 4.69) is 18.2 Å². The second-order valence-corrected chi connectivity index (χ2v) is 8.35. The summed E-state index contributed by atoms with van der Waals surface area (Å²) in [6, 6.07) is 22.9. The number of hydrogen-bond donors (Lipinski definition) is 0. The SMILES string of the molecule is O=C(c1ccc(OCc2ccccc2CSc2ccccc2)cc1F)N1CCCC1. The lowest BCUT2D eigenvalue weighted by Gasteiger charge is -2.16. The van der Waals surface area contributed by atoms with E-state index in [1.165, 1.54) is 22.6 Å². The Bertz CT molecular complexity index is 1000. The number of carbonyl (C=O) groups is 1. The molecule has 0 N–H and O–H groups in total. The first-order valence-electron chi connectivity index (χ1n) is 10.2. The molecule has 3 aromatic carbocycles. The molecule has 0 radical (unpaired) electrons. The minimum absolute atomic E-state index is 0.115. The molecule has 3 nitrogen and oxygen atoms in total. The molecule has 1 fully saturated rings. The van der Waals surface area contributed by atoms with Gasteiger partial charge in [-0.3, -0.25) is 4.79 Å². The second-order valence-electron chi connectivity index (χ2n) is 7.30. The van der Waals surface area contributed by atoms with Gasteiger partial charge in [-0.15, -0.1) is 11.8 Å². The van der Waals surface area contributed by atoms with Crippen LogP contribution in [-0.4, -0.2) is 23.9 Å². The predicted octanol–water partition coefficient (Wildman–Crippen LogP) is 5.93. The highest BCUT2D eigenvalue weighted by molar-refractivity contribution is 7.98. The number of thioether (sulfide) groups is 1. The maximum absolute atomic E-state index is 14.5. The molecule has 1 aliphatic heterocycles. The highest BCUT2D eigenvalue weighted by atomic mass is 32.2. The van der Waals surface area contributed by atoms with Crippen molar-refractivity contribution in [2.45, 2.75) is 30.1 Å². The molecule has 3 aromatic rings. The van der Waals surface area contributed by atoms with Gasteiger partial charge in [0.05, 0.1) is 5.56 Å². The van der Waals surface area contributed by atoms with Crippen molar-refractivity contribution in [2.24, 2.45) is 0 Å². The van der Waals surface area contributed by atoms with Crippen LogP contribution in [0.2, 0.25) is 0 Å². The third kappa shape index (κ3) is 5.03. The van der Waals surface area contributed by atoms with Gasteiger partial charge in [0.2, 0.25) is 0 Å². The van der Waals surface area contributed by atoms with E-state index in [4.69, 9.17) is 4.74 Å². The van der Waals surface area contributed by atoms with E-state index in [1.54, 1.807) is 22.7 Å². The van der Waals surface area contributed by atoms with Gasteiger partial charge >= 0.3 is 0 Å². The first-order valence-corrected chi connectivity index (χ1v) is 11.2. The zero-order valence-electron chi connectivity index (χ0n) is 16.7. The minimum atomic E-state index is -0.530. The van der Waals surface area contributed by atoms with Crippen LogP contribution in [-0.2, 0) is 12.4 Å². The van der Waals surface area contributed by atoms with E-state index in [-0.39, 0.29) is 11.5 Å². The summed E-state index contributed by atoms with van der Waals surface area (Å²) in [7, 11) is 0. The summed E-state index contributed by atoms with van der Waals surface area (Å²) in [6.07, 6.45) is 1.97. The highest BCUT2D eigenvalue weighted by Crippen LogP contribution is 2.26. The van der Waals surface area contributed by atoms with Crippen LogP contribution in [0.15, 0.2) is 77.7 Å². The lowest BCUT2D eigenvalue weighted by atomic mass is 10.1. The predicted molar refractivity (Wildman–Crippen MR) is 118 cm³/mol. The summed E-state index contributed by atoms with van der Waals surface area (Å²) in [4.78, 5) is 15.4. The van der Waals surface area contributed by atoms with E-state index >= 15 is 0 Å². The van der Waals surface area contributed by atoms with Crippen molar-refractivity contribution in [3.05, 3.63) is 95.3 Å². The van der Waals surface area contributed by atoms with Crippen molar-refractivity contribution in [1.82, 2.24) is 4.90 Å². The summed E-state index contributed by atoms with van der Waals surface area (Å²) in [6.45, 7) is 1.76. The number of likely N-dealkylation sites (tertiary alicyclic amines) is 1. The Labute approximate surface area is 180 Å². The summed E-state index contributed by atoms with van der Waals surface area (Å²) in [5, 5.41) is 0. The number of nitrogens with zero attached hydrogens (tertiary/aromatic N) is 1. The molecule has 4 rings (SSSR count). The maximum Gasteiger partial charge on any atom is 0.256 e. The van der Waals surface area contributed by atoms with Crippen LogP contribution in [0, 0.1) is 5.82 Å². The highest BCUT2D eigenvalue weighted by Gasteiger charge is 2.22. The molecule has 0 aromatic heterocycles. The third-order valence-electron chi connectivity index (χ3n) is 5.21. The number of hydrogen-bond acceptors (Lipinski definition) is 3. The Balaban J connectivity index is 1.40. The number of benzene rings is 3. The number of rotatable bonds is 7. The standard InChI is InChI=1S/C25H24FNO2S/c26-24-16-21(12-13-23(24)25(28)27-14-6-7-15-27)29-17-19-8-4-5-9-20(19)18-30-22-10-2-1-3-11-22/h1-5,8-13,16H,6-7,14-15,17-18H2.